The van der Waals surface area contributed by atoms with E-state index in [1.165, 1.54) is 0 Å². The number of hydrogen-bond acceptors (Lipinski definition) is 2. The van der Waals surface area contributed by atoms with Crippen LogP contribution in [0.25, 0.3) is 0 Å². The van der Waals surface area contributed by atoms with Gasteiger partial charge in [0.15, 0.2) is 0 Å². The third-order valence-electron chi connectivity index (χ3n) is 2.70. The molecule has 0 saturated heterocycles. The van der Waals surface area contributed by atoms with E-state index in [0.717, 1.165) is 18.4 Å². The zero-order valence-electron chi connectivity index (χ0n) is 10.3. The lowest BCUT2D eigenvalue weighted by atomic mass is 10.1. The molecule has 0 spiro atoms. The lowest BCUT2D eigenvalue weighted by Crippen LogP contribution is -2.36. The van der Waals surface area contributed by atoms with E-state index in [9.17, 15) is 4.79 Å². The maximum atomic E-state index is 12.0. The van der Waals surface area contributed by atoms with Gasteiger partial charge in [0.1, 0.15) is 6.04 Å². The zero-order valence-corrected chi connectivity index (χ0v) is 10.3. The van der Waals surface area contributed by atoms with E-state index in [2.05, 4.69) is 6.58 Å². The smallest absolute Gasteiger partial charge is 0.243 e. The predicted molar refractivity (Wildman–Crippen MR) is 70.4 cm³/mol. The van der Waals surface area contributed by atoms with E-state index in [-0.39, 0.29) is 5.91 Å². The second kappa shape index (κ2) is 6.86. The van der Waals surface area contributed by atoms with Crippen LogP contribution < -0.4 is 5.73 Å². The van der Waals surface area contributed by atoms with Crippen molar-refractivity contribution in [2.75, 3.05) is 13.6 Å². The summed E-state index contributed by atoms with van der Waals surface area (Å²) < 4.78 is 0. The van der Waals surface area contributed by atoms with Crippen LogP contribution in [0.1, 0.15) is 24.4 Å². The van der Waals surface area contributed by atoms with Crippen molar-refractivity contribution >= 4 is 5.91 Å². The second-order valence-corrected chi connectivity index (χ2v) is 4.08. The van der Waals surface area contributed by atoms with Gasteiger partial charge in [0.2, 0.25) is 5.91 Å². The van der Waals surface area contributed by atoms with Gasteiger partial charge in [-0.15, -0.1) is 6.58 Å². The highest BCUT2D eigenvalue weighted by molar-refractivity contribution is 5.82. The van der Waals surface area contributed by atoms with Gasteiger partial charge < -0.3 is 10.6 Å². The van der Waals surface area contributed by atoms with Gasteiger partial charge in [-0.3, -0.25) is 4.79 Å². The van der Waals surface area contributed by atoms with Crippen molar-refractivity contribution in [3.05, 3.63) is 48.6 Å². The minimum absolute atomic E-state index is 0.0414. The summed E-state index contributed by atoms with van der Waals surface area (Å²) in [5.41, 5.74) is 6.79. The van der Waals surface area contributed by atoms with Crippen molar-refractivity contribution in [3.63, 3.8) is 0 Å². The summed E-state index contributed by atoms with van der Waals surface area (Å²) in [7, 11) is 1.79. The molecule has 1 atom stereocenters. The van der Waals surface area contributed by atoms with Crippen LogP contribution in [0.4, 0.5) is 0 Å². The number of amides is 1. The first-order valence-electron chi connectivity index (χ1n) is 5.83. The average molecular weight is 232 g/mol. The fourth-order valence-corrected chi connectivity index (χ4v) is 1.62. The molecule has 1 aromatic rings. The number of nitrogens with zero attached hydrogens (tertiary/aromatic N) is 1. The van der Waals surface area contributed by atoms with Gasteiger partial charge in [0.25, 0.3) is 0 Å². The van der Waals surface area contributed by atoms with Crippen molar-refractivity contribution in [3.8, 4) is 0 Å². The molecular formula is C14H20N2O. The van der Waals surface area contributed by atoms with Gasteiger partial charge in [0, 0.05) is 13.6 Å². The van der Waals surface area contributed by atoms with Crippen molar-refractivity contribution in [1.29, 1.82) is 0 Å². The molecule has 3 nitrogen and oxygen atoms in total. The number of rotatable bonds is 6. The molecule has 0 bridgehead atoms. The van der Waals surface area contributed by atoms with Crippen LogP contribution in [0.3, 0.4) is 0 Å². The van der Waals surface area contributed by atoms with E-state index in [0.29, 0.717) is 6.54 Å². The summed E-state index contributed by atoms with van der Waals surface area (Å²) in [5, 5.41) is 0. The number of unbranched alkanes of at least 4 members (excludes halogenated alkanes) is 1. The van der Waals surface area contributed by atoms with Gasteiger partial charge in [-0.1, -0.05) is 36.4 Å². The van der Waals surface area contributed by atoms with E-state index >= 15 is 0 Å². The first-order chi connectivity index (χ1) is 8.16. The summed E-state index contributed by atoms with van der Waals surface area (Å²) in [6, 6.07) is 8.87. The van der Waals surface area contributed by atoms with E-state index in [1.54, 1.807) is 11.9 Å². The summed E-state index contributed by atoms with van der Waals surface area (Å²) in [5.74, 6) is -0.0414. The van der Waals surface area contributed by atoms with E-state index in [1.807, 2.05) is 36.4 Å². The number of nitrogens with two attached hydrogens (primary N) is 1. The monoisotopic (exact) mass is 232 g/mol. The largest absolute Gasteiger partial charge is 0.344 e. The molecular weight excluding hydrogens is 212 g/mol. The topological polar surface area (TPSA) is 46.3 Å². The Morgan fingerprint density at radius 3 is 2.71 bits per heavy atom. The lowest BCUT2D eigenvalue weighted by Gasteiger charge is -2.21. The first kappa shape index (κ1) is 13.5. The maximum absolute atomic E-state index is 12.0. The summed E-state index contributed by atoms with van der Waals surface area (Å²) in [6.07, 6.45) is 3.70. The molecule has 2 N–H and O–H groups in total. The average Bonchev–Trinajstić information content (AvgIpc) is 2.38. The molecule has 1 aromatic carbocycles. The Bertz CT molecular complexity index is 362. The zero-order chi connectivity index (χ0) is 12.7. The molecule has 0 fully saturated rings. The van der Waals surface area contributed by atoms with Gasteiger partial charge >= 0.3 is 0 Å². The number of allylic oxidation sites excluding steroid dienone is 1. The maximum Gasteiger partial charge on any atom is 0.243 e. The standard InChI is InChI=1S/C14H20N2O/c1-3-4-8-11-16(2)14(17)13(15)12-9-6-5-7-10-12/h3,5-7,9-10,13H,1,4,8,11,15H2,2H3/t13-/m1/s1. The molecule has 0 saturated carbocycles. The quantitative estimate of drug-likeness (QED) is 0.603. The van der Waals surface area contributed by atoms with Crippen molar-refractivity contribution in [2.45, 2.75) is 18.9 Å². The molecule has 0 heterocycles. The SMILES string of the molecule is C=CCCCN(C)C(=O)[C@H](N)c1ccccc1. The Balaban J connectivity index is 2.54. The molecule has 17 heavy (non-hydrogen) atoms. The van der Waals surface area contributed by atoms with Gasteiger partial charge in [0.05, 0.1) is 0 Å². The van der Waals surface area contributed by atoms with Crippen molar-refractivity contribution < 1.29 is 4.79 Å². The highest BCUT2D eigenvalue weighted by Gasteiger charge is 2.18. The van der Waals surface area contributed by atoms with Crippen LogP contribution in [0.15, 0.2) is 43.0 Å². The normalized spacial score (nSPS) is 11.9. The first-order valence-corrected chi connectivity index (χ1v) is 5.83. The summed E-state index contributed by atoms with van der Waals surface area (Å²) in [4.78, 5) is 13.7. The molecule has 0 unspecified atom stereocenters. The van der Waals surface area contributed by atoms with Gasteiger partial charge in [-0.25, -0.2) is 0 Å². The Labute approximate surface area is 103 Å². The van der Waals surface area contributed by atoms with Crippen LogP contribution in [0, 0.1) is 0 Å². The molecule has 0 aromatic heterocycles. The molecule has 0 aliphatic heterocycles. The Morgan fingerprint density at radius 2 is 2.12 bits per heavy atom. The molecule has 92 valence electrons. The van der Waals surface area contributed by atoms with E-state index < -0.39 is 6.04 Å². The van der Waals surface area contributed by atoms with Crippen LogP contribution >= 0.6 is 0 Å². The molecule has 0 aliphatic carbocycles. The van der Waals surface area contributed by atoms with Crippen LogP contribution in [-0.4, -0.2) is 24.4 Å². The molecule has 0 radical (unpaired) electrons. The number of benzene rings is 1. The third kappa shape index (κ3) is 4.04. The predicted octanol–water partition coefficient (Wildman–Crippen LogP) is 2.11. The number of carbonyl (C=O) groups excluding carboxylic acids is 1. The third-order valence-corrected chi connectivity index (χ3v) is 2.70. The van der Waals surface area contributed by atoms with Crippen LogP contribution in [0.5, 0.6) is 0 Å². The number of hydrogen-bond donors (Lipinski definition) is 1. The Hall–Kier alpha value is -1.61. The minimum atomic E-state index is -0.565. The van der Waals surface area contributed by atoms with E-state index in [4.69, 9.17) is 5.73 Å². The fourth-order valence-electron chi connectivity index (χ4n) is 1.62. The highest BCUT2D eigenvalue weighted by atomic mass is 16.2. The summed E-state index contributed by atoms with van der Waals surface area (Å²) >= 11 is 0. The van der Waals surface area contributed by atoms with Crippen LogP contribution in [0.2, 0.25) is 0 Å². The molecule has 1 rings (SSSR count). The second-order valence-electron chi connectivity index (χ2n) is 4.08. The Kier molecular flexibility index (Phi) is 5.43. The Morgan fingerprint density at radius 1 is 1.47 bits per heavy atom. The minimum Gasteiger partial charge on any atom is -0.344 e. The fraction of sp³-hybridized carbons (Fsp3) is 0.357. The number of carbonyl (C=O) groups is 1. The molecule has 3 heteroatoms. The van der Waals surface area contributed by atoms with Gasteiger partial charge in [-0.05, 0) is 18.4 Å². The van der Waals surface area contributed by atoms with Crippen LogP contribution in [-0.2, 0) is 4.79 Å². The summed E-state index contributed by atoms with van der Waals surface area (Å²) in [6.45, 7) is 4.37. The number of likely N-dealkylation sites (N-methyl/N-ethyl adjacent to an activating group) is 1. The highest BCUT2D eigenvalue weighted by Crippen LogP contribution is 2.12. The molecule has 0 aliphatic rings. The van der Waals surface area contributed by atoms with Crippen molar-refractivity contribution in [1.82, 2.24) is 4.90 Å². The lowest BCUT2D eigenvalue weighted by molar-refractivity contribution is -0.131. The molecule has 1 amide bonds. The van der Waals surface area contributed by atoms with Crippen molar-refractivity contribution in [2.24, 2.45) is 5.73 Å². The van der Waals surface area contributed by atoms with Gasteiger partial charge in [-0.2, -0.15) is 0 Å².